The average Bonchev–Trinajstić information content (AvgIpc) is 2.79. The van der Waals surface area contributed by atoms with Crippen LogP contribution in [0.5, 0.6) is 0 Å². The molecule has 88 valence electrons. The lowest BCUT2D eigenvalue weighted by molar-refractivity contribution is 0.0702. The Morgan fingerprint density at radius 2 is 2.24 bits per heavy atom. The molecule has 2 rings (SSSR count). The monoisotopic (exact) mass is 249 g/mol. The Kier molecular flexibility index (Phi) is 3.51. The first-order valence-corrected chi connectivity index (χ1v) is 5.80. The van der Waals surface area contributed by atoms with E-state index in [9.17, 15) is 4.79 Å². The molecule has 0 radical (unpaired) electrons. The normalized spacial score (nSPS) is 10.4. The maximum absolute atomic E-state index is 10.8. The van der Waals surface area contributed by atoms with Crippen molar-refractivity contribution in [1.29, 1.82) is 0 Å². The van der Waals surface area contributed by atoms with E-state index in [1.807, 2.05) is 24.3 Å². The van der Waals surface area contributed by atoms with Crippen molar-refractivity contribution in [2.45, 2.75) is 6.61 Å². The molecule has 4 nitrogen and oxygen atoms in total. The second-order valence-electron chi connectivity index (χ2n) is 3.42. The minimum Gasteiger partial charge on any atom is -0.477 e. The highest BCUT2D eigenvalue weighted by atomic mass is 32.1. The van der Waals surface area contributed by atoms with E-state index in [-0.39, 0.29) is 4.88 Å². The van der Waals surface area contributed by atoms with E-state index in [4.69, 9.17) is 9.84 Å². The van der Waals surface area contributed by atoms with Gasteiger partial charge in [0.1, 0.15) is 9.88 Å². The summed E-state index contributed by atoms with van der Waals surface area (Å²) in [7, 11) is 1.63. The fourth-order valence-corrected chi connectivity index (χ4v) is 2.32. The molecule has 17 heavy (non-hydrogen) atoms. The minimum absolute atomic E-state index is 0.243. The van der Waals surface area contributed by atoms with Crippen LogP contribution in [0.3, 0.4) is 0 Å². The average molecular weight is 249 g/mol. The summed E-state index contributed by atoms with van der Waals surface area (Å²) in [5, 5.41) is 9.57. The molecule has 0 aliphatic carbocycles. The molecule has 0 spiro atoms. The third-order valence-electron chi connectivity index (χ3n) is 2.26. The van der Waals surface area contributed by atoms with E-state index in [1.54, 1.807) is 7.11 Å². The molecule has 1 N–H and O–H groups in total. The Labute approximate surface area is 103 Å². The highest BCUT2D eigenvalue weighted by molar-refractivity contribution is 7.16. The van der Waals surface area contributed by atoms with E-state index in [0.717, 1.165) is 11.1 Å². The quantitative estimate of drug-likeness (QED) is 0.905. The molecule has 0 atom stereocenters. The lowest BCUT2D eigenvalue weighted by atomic mass is 10.1. The molecule has 1 aromatic carbocycles. The zero-order valence-electron chi connectivity index (χ0n) is 9.21. The third kappa shape index (κ3) is 2.51. The van der Waals surface area contributed by atoms with Crippen molar-refractivity contribution >= 4 is 17.3 Å². The summed E-state index contributed by atoms with van der Waals surface area (Å²) in [5.41, 5.74) is 1.92. The molecule has 0 bridgehead atoms. The van der Waals surface area contributed by atoms with Crippen molar-refractivity contribution in [2.75, 3.05) is 7.11 Å². The van der Waals surface area contributed by atoms with E-state index < -0.39 is 5.97 Å². The number of nitrogens with zero attached hydrogens (tertiary/aromatic N) is 1. The van der Waals surface area contributed by atoms with Crippen LogP contribution in [0.2, 0.25) is 0 Å². The summed E-state index contributed by atoms with van der Waals surface area (Å²) >= 11 is 1.17. The number of ether oxygens (including phenoxy) is 1. The van der Waals surface area contributed by atoms with Gasteiger partial charge in [0.15, 0.2) is 0 Å². The van der Waals surface area contributed by atoms with Crippen LogP contribution >= 0.6 is 11.3 Å². The summed E-state index contributed by atoms with van der Waals surface area (Å²) in [5.74, 6) is -0.946. The summed E-state index contributed by atoms with van der Waals surface area (Å²) in [6.45, 7) is 0.484. The molecule has 0 saturated carbocycles. The molecule has 5 heteroatoms. The topological polar surface area (TPSA) is 59.4 Å². The number of hydrogen-bond acceptors (Lipinski definition) is 4. The molecule has 0 amide bonds. The van der Waals surface area contributed by atoms with Crippen LogP contribution in [-0.2, 0) is 11.3 Å². The maximum Gasteiger partial charge on any atom is 0.347 e. The Morgan fingerprint density at radius 1 is 1.47 bits per heavy atom. The number of carboxylic acids is 1. The number of benzene rings is 1. The number of carboxylic acid groups (broad SMARTS) is 1. The van der Waals surface area contributed by atoms with E-state index >= 15 is 0 Å². The molecule has 2 aromatic rings. The summed E-state index contributed by atoms with van der Waals surface area (Å²) in [6.07, 6.45) is 1.38. The molecule has 0 unspecified atom stereocenters. The Hall–Kier alpha value is -1.72. The number of thiazole rings is 1. The number of hydrogen-bond donors (Lipinski definition) is 1. The van der Waals surface area contributed by atoms with Crippen LogP contribution in [0.15, 0.2) is 30.5 Å². The van der Waals surface area contributed by atoms with Crippen LogP contribution in [0.4, 0.5) is 0 Å². The number of methoxy groups -OCH3 is 1. The number of aromatic carboxylic acids is 1. The summed E-state index contributed by atoms with van der Waals surface area (Å²) in [6, 6.07) is 7.68. The van der Waals surface area contributed by atoms with Crippen LogP contribution < -0.4 is 0 Å². The first kappa shape index (κ1) is 11.8. The van der Waals surface area contributed by atoms with Crippen molar-refractivity contribution in [1.82, 2.24) is 4.98 Å². The predicted octanol–water partition coefficient (Wildman–Crippen LogP) is 2.65. The molecule has 1 heterocycles. The largest absolute Gasteiger partial charge is 0.477 e. The van der Waals surface area contributed by atoms with E-state index in [0.29, 0.717) is 11.6 Å². The highest BCUT2D eigenvalue weighted by Gasteiger charge is 2.12. The number of aromatic nitrogens is 1. The standard InChI is InChI=1S/C12H11NO3S/c1-16-7-8-4-2-3-5-9(8)11-13-6-10(17-11)12(14)15/h2-6H,7H2,1H3,(H,14,15). The van der Waals surface area contributed by atoms with Crippen LogP contribution in [0.1, 0.15) is 15.2 Å². The molecule has 0 fully saturated rings. The van der Waals surface area contributed by atoms with Gasteiger partial charge in [-0.15, -0.1) is 11.3 Å². The van der Waals surface area contributed by atoms with Crippen molar-refractivity contribution in [3.63, 3.8) is 0 Å². The molecule has 0 aliphatic rings. The molecule has 1 aromatic heterocycles. The Morgan fingerprint density at radius 3 is 2.88 bits per heavy atom. The Bertz CT molecular complexity index is 536. The third-order valence-corrected chi connectivity index (χ3v) is 3.28. The van der Waals surface area contributed by atoms with Gasteiger partial charge in [-0.05, 0) is 5.56 Å². The smallest absolute Gasteiger partial charge is 0.347 e. The van der Waals surface area contributed by atoms with Crippen molar-refractivity contribution in [2.24, 2.45) is 0 Å². The van der Waals surface area contributed by atoms with Crippen molar-refractivity contribution < 1.29 is 14.6 Å². The van der Waals surface area contributed by atoms with Crippen LogP contribution in [0.25, 0.3) is 10.6 Å². The van der Waals surface area contributed by atoms with E-state index in [2.05, 4.69) is 4.98 Å². The number of rotatable bonds is 4. The SMILES string of the molecule is COCc1ccccc1-c1ncc(C(=O)O)s1. The van der Waals surface area contributed by atoms with Gasteiger partial charge in [-0.1, -0.05) is 24.3 Å². The second-order valence-corrected chi connectivity index (χ2v) is 4.46. The van der Waals surface area contributed by atoms with Gasteiger partial charge in [0, 0.05) is 12.7 Å². The second kappa shape index (κ2) is 5.07. The fourth-order valence-electron chi connectivity index (χ4n) is 1.51. The van der Waals surface area contributed by atoms with Gasteiger partial charge in [0.25, 0.3) is 0 Å². The van der Waals surface area contributed by atoms with Gasteiger partial charge in [0.2, 0.25) is 0 Å². The highest BCUT2D eigenvalue weighted by Crippen LogP contribution is 2.28. The first-order chi connectivity index (χ1) is 8.22. The maximum atomic E-state index is 10.8. The summed E-state index contributed by atoms with van der Waals surface area (Å²) in [4.78, 5) is 15.2. The molecule has 0 saturated heterocycles. The fraction of sp³-hybridized carbons (Fsp3) is 0.167. The lowest BCUT2D eigenvalue weighted by Crippen LogP contribution is -1.91. The predicted molar refractivity (Wildman–Crippen MR) is 65.2 cm³/mol. The van der Waals surface area contributed by atoms with Gasteiger partial charge >= 0.3 is 5.97 Å². The zero-order valence-corrected chi connectivity index (χ0v) is 10.0. The van der Waals surface area contributed by atoms with Gasteiger partial charge in [0.05, 0.1) is 12.8 Å². The Balaban J connectivity index is 2.41. The summed E-state index contributed by atoms with van der Waals surface area (Å²) < 4.78 is 5.10. The molecule has 0 aliphatic heterocycles. The minimum atomic E-state index is -0.946. The lowest BCUT2D eigenvalue weighted by Gasteiger charge is -2.05. The van der Waals surface area contributed by atoms with Gasteiger partial charge in [-0.2, -0.15) is 0 Å². The first-order valence-electron chi connectivity index (χ1n) is 4.98. The van der Waals surface area contributed by atoms with Crippen molar-refractivity contribution in [3.05, 3.63) is 40.9 Å². The van der Waals surface area contributed by atoms with Gasteiger partial charge in [-0.25, -0.2) is 9.78 Å². The van der Waals surface area contributed by atoms with Gasteiger partial charge < -0.3 is 9.84 Å². The van der Waals surface area contributed by atoms with Crippen LogP contribution in [-0.4, -0.2) is 23.2 Å². The van der Waals surface area contributed by atoms with E-state index in [1.165, 1.54) is 17.5 Å². The van der Waals surface area contributed by atoms with Gasteiger partial charge in [-0.3, -0.25) is 0 Å². The number of carbonyl (C=O) groups is 1. The van der Waals surface area contributed by atoms with Crippen molar-refractivity contribution in [3.8, 4) is 10.6 Å². The zero-order chi connectivity index (χ0) is 12.3. The molecular formula is C12H11NO3S. The molecular weight excluding hydrogens is 238 g/mol. The van der Waals surface area contributed by atoms with Crippen LogP contribution in [0, 0.1) is 0 Å².